The van der Waals surface area contributed by atoms with E-state index in [1.54, 1.807) is 0 Å². The van der Waals surface area contributed by atoms with Crippen LogP contribution in [-0.4, -0.2) is 34.1 Å². The second kappa shape index (κ2) is 9.43. The van der Waals surface area contributed by atoms with Gasteiger partial charge in [0.05, 0.1) is 11.1 Å². The zero-order chi connectivity index (χ0) is 24.7. The van der Waals surface area contributed by atoms with Crippen LogP contribution in [0.15, 0.2) is 59.6 Å². The van der Waals surface area contributed by atoms with Gasteiger partial charge in [0.1, 0.15) is 16.7 Å². The van der Waals surface area contributed by atoms with E-state index in [4.69, 9.17) is 9.97 Å². The lowest BCUT2D eigenvalue weighted by atomic mass is 9.82. The molecule has 3 aliphatic rings. The molecule has 2 aromatic heterocycles. The van der Waals surface area contributed by atoms with Gasteiger partial charge in [-0.25, -0.2) is 9.97 Å². The first-order chi connectivity index (χ1) is 17.5. The molecular weight excluding hydrogens is 468 g/mol. The highest BCUT2D eigenvalue weighted by molar-refractivity contribution is 8.00. The van der Waals surface area contributed by atoms with Gasteiger partial charge in [-0.2, -0.15) is 0 Å². The van der Waals surface area contributed by atoms with Crippen molar-refractivity contribution < 1.29 is 9.90 Å². The Labute approximate surface area is 216 Å². The summed E-state index contributed by atoms with van der Waals surface area (Å²) in [4.78, 5) is 23.8. The van der Waals surface area contributed by atoms with Crippen molar-refractivity contribution in [3.8, 4) is 11.3 Å². The molecule has 1 saturated heterocycles. The minimum atomic E-state index is -0.737. The van der Waals surface area contributed by atoms with Crippen molar-refractivity contribution in [2.45, 2.75) is 62.3 Å². The number of carbonyl (C=O) groups is 1. The van der Waals surface area contributed by atoms with E-state index in [9.17, 15) is 9.90 Å². The van der Waals surface area contributed by atoms with E-state index in [2.05, 4.69) is 46.0 Å². The van der Waals surface area contributed by atoms with Crippen LogP contribution < -0.4 is 9.62 Å². The summed E-state index contributed by atoms with van der Waals surface area (Å²) in [5.74, 6) is 2.21. The number of benzene rings is 1. The molecule has 1 atom stereocenters. The molecule has 2 saturated carbocycles. The first-order valence-electron chi connectivity index (χ1n) is 13.0. The number of aromatic nitrogens is 2. The van der Waals surface area contributed by atoms with Crippen molar-refractivity contribution in [1.82, 2.24) is 9.97 Å². The van der Waals surface area contributed by atoms with Crippen LogP contribution in [-0.2, 0) is 4.79 Å². The number of piperidine rings is 1. The van der Waals surface area contributed by atoms with Crippen LogP contribution in [0.4, 0.5) is 11.6 Å². The number of rotatable bonds is 8. The van der Waals surface area contributed by atoms with Gasteiger partial charge in [-0.15, -0.1) is 0 Å². The first-order valence-corrected chi connectivity index (χ1v) is 13.8. The van der Waals surface area contributed by atoms with Crippen molar-refractivity contribution >= 4 is 29.6 Å². The maximum Gasteiger partial charge on any atom is 0.311 e. The molecule has 6 nitrogen and oxygen atoms in total. The molecule has 0 radical (unpaired) electrons. The average molecular weight is 501 g/mol. The van der Waals surface area contributed by atoms with Gasteiger partial charge < -0.3 is 14.7 Å². The fourth-order valence-electron chi connectivity index (χ4n) is 5.28. The minimum Gasteiger partial charge on any atom is -0.481 e. The van der Waals surface area contributed by atoms with Crippen LogP contribution in [0.3, 0.4) is 0 Å². The highest BCUT2D eigenvalue weighted by Gasteiger charge is 2.38. The lowest BCUT2D eigenvalue weighted by molar-refractivity contribution is -0.148. The summed E-state index contributed by atoms with van der Waals surface area (Å²) in [6.45, 7) is 3.13. The minimum absolute atomic E-state index is 0.477. The Morgan fingerprint density at radius 3 is 2.56 bits per heavy atom. The SMILES string of the molecule is CC1(C(=O)O)CCCN(c2cccc(SNc3ccc(C4CC4)c(-c4ccccc4C4CC4)n3)n2)C1. The van der Waals surface area contributed by atoms with Crippen LogP contribution in [0.25, 0.3) is 11.3 Å². The number of aliphatic carboxylic acids is 1. The Balaban J connectivity index is 1.21. The zero-order valence-electron chi connectivity index (χ0n) is 20.6. The fourth-order valence-corrected chi connectivity index (χ4v) is 5.89. The molecule has 2 aliphatic carbocycles. The molecule has 1 unspecified atom stereocenters. The topological polar surface area (TPSA) is 78.4 Å². The summed E-state index contributed by atoms with van der Waals surface area (Å²) < 4.78 is 3.42. The number of pyridine rings is 2. The maximum atomic E-state index is 11.8. The van der Waals surface area contributed by atoms with E-state index in [0.29, 0.717) is 24.8 Å². The average Bonchev–Trinajstić information content (AvgIpc) is 3.81. The normalized spacial score (nSPS) is 21.9. The summed E-state index contributed by atoms with van der Waals surface area (Å²) in [5.41, 5.74) is 4.46. The van der Waals surface area contributed by atoms with E-state index in [0.717, 1.165) is 35.3 Å². The van der Waals surface area contributed by atoms with Crippen molar-refractivity contribution in [1.29, 1.82) is 0 Å². The van der Waals surface area contributed by atoms with Gasteiger partial charge in [-0.05, 0) is 86.6 Å². The second-order valence-electron chi connectivity index (χ2n) is 10.7. The Morgan fingerprint density at radius 1 is 1.00 bits per heavy atom. The van der Waals surface area contributed by atoms with Gasteiger partial charge in [0, 0.05) is 30.6 Å². The quantitative estimate of drug-likeness (QED) is 0.333. The molecule has 36 heavy (non-hydrogen) atoms. The molecular formula is C29H32N4O2S. The van der Waals surface area contributed by atoms with Gasteiger partial charge in [0.15, 0.2) is 0 Å². The Hall–Kier alpha value is -3.06. The summed E-state index contributed by atoms with van der Waals surface area (Å²) in [6.07, 6.45) is 6.58. The summed E-state index contributed by atoms with van der Waals surface area (Å²) in [5, 5.41) is 10.5. The smallest absolute Gasteiger partial charge is 0.311 e. The van der Waals surface area contributed by atoms with Crippen LogP contribution >= 0.6 is 11.9 Å². The molecule has 2 N–H and O–H groups in total. The Morgan fingerprint density at radius 2 is 1.78 bits per heavy atom. The summed E-state index contributed by atoms with van der Waals surface area (Å²) in [7, 11) is 0. The third kappa shape index (κ3) is 4.81. The molecule has 186 valence electrons. The van der Waals surface area contributed by atoms with Gasteiger partial charge >= 0.3 is 5.97 Å². The van der Waals surface area contributed by atoms with Gasteiger partial charge in [0.2, 0.25) is 0 Å². The molecule has 1 aliphatic heterocycles. The van der Waals surface area contributed by atoms with Crippen molar-refractivity contribution in [3.63, 3.8) is 0 Å². The van der Waals surface area contributed by atoms with Crippen molar-refractivity contribution in [2.24, 2.45) is 5.41 Å². The predicted octanol–water partition coefficient (Wildman–Crippen LogP) is 6.71. The summed E-state index contributed by atoms with van der Waals surface area (Å²) >= 11 is 1.45. The second-order valence-corrected chi connectivity index (χ2v) is 11.5. The third-order valence-electron chi connectivity index (χ3n) is 7.68. The molecule has 6 rings (SSSR count). The van der Waals surface area contributed by atoms with Gasteiger partial charge in [-0.1, -0.05) is 36.4 Å². The summed E-state index contributed by atoms with van der Waals surface area (Å²) in [6, 6.07) is 19.0. The number of nitrogens with zero attached hydrogens (tertiary/aromatic N) is 3. The number of carboxylic acids is 1. The largest absolute Gasteiger partial charge is 0.481 e. The highest BCUT2D eigenvalue weighted by atomic mass is 32.2. The van der Waals surface area contributed by atoms with Crippen LogP contribution in [0.1, 0.15) is 68.4 Å². The van der Waals surface area contributed by atoms with Crippen LogP contribution in [0.2, 0.25) is 0 Å². The molecule has 7 heteroatoms. The van der Waals surface area contributed by atoms with Crippen molar-refractivity contribution in [3.05, 3.63) is 65.7 Å². The van der Waals surface area contributed by atoms with Gasteiger partial charge in [0.25, 0.3) is 0 Å². The Kier molecular flexibility index (Phi) is 6.12. The third-order valence-corrected chi connectivity index (χ3v) is 8.43. The van der Waals surface area contributed by atoms with Crippen LogP contribution in [0, 0.1) is 5.41 Å². The zero-order valence-corrected chi connectivity index (χ0v) is 21.4. The molecule has 0 bridgehead atoms. The molecule has 1 aromatic carbocycles. The number of hydrogen-bond acceptors (Lipinski definition) is 6. The molecule has 3 aromatic rings. The molecule has 0 amide bonds. The first kappa shape index (κ1) is 23.3. The molecule has 3 fully saturated rings. The van der Waals surface area contributed by atoms with Gasteiger partial charge in [-0.3, -0.25) is 4.79 Å². The number of nitrogens with one attached hydrogen (secondary N) is 1. The number of carboxylic acid groups (broad SMARTS) is 1. The predicted molar refractivity (Wildman–Crippen MR) is 145 cm³/mol. The van der Waals surface area contributed by atoms with Crippen LogP contribution in [0.5, 0.6) is 0 Å². The molecule has 0 spiro atoms. The monoisotopic (exact) mass is 500 g/mol. The lowest BCUT2D eigenvalue weighted by Crippen LogP contribution is -2.46. The highest BCUT2D eigenvalue weighted by Crippen LogP contribution is 2.48. The molecule has 3 heterocycles. The van der Waals surface area contributed by atoms with E-state index in [-0.39, 0.29) is 0 Å². The fraction of sp³-hybridized carbons (Fsp3) is 0.414. The van der Waals surface area contributed by atoms with E-state index < -0.39 is 11.4 Å². The lowest BCUT2D eigenvalue weighted by Gasteiger charge is -2.38. The van der Waals surface area contributed by atoms with E-state index >= 15 is 0 Å². The van der Waals surface area contributed by atoms with Crippen molar-refractivity contribution in [2.75, 3.05) is 22.7 Å². The van der Waals surface area contributed by atoms with E-state index in [1.807, 2.05) is 25.1 Å². The van der Waals surface area contributed by atoms with E-state index in [1.165, 1.54) is 54.3 Å². The standard InChI is InChI=1S/C29H32N4O2S/c1-29(28(34)35)16-5-17-33(18-29)25-8-4-9-26(31-25)36-32-24-15-14-22(20-12-13-20)27(30-24)23-7-3-2-6-21(23)19-10-11-19/h2-4,6-9,14-15,19-20H,5,10-13,16-18H2,1H3,(H,30,32)(H,34,35). The maximum absolute atomic E-state index is 11.8. The Bertz CT molecular complexity index is 1290. The number of anilines is 2. The number of hydrogen-bond donors (Lipinski definition) is 2.